The molecule has 1 N–H and O–H groups in total. The zero-order valence-electron chi connectivity index (χ0n) is 12.9. The molecular weight excluding hydrogens is 246 g/mol. The van der Waals surface area contributed by atoms with Crippen molar-refractivity contribution in [1.29, 1.82) is 0 Å². The van der Waals surface area contributed by atoms with E-state index in [9.17, 15) is 14.7 Å². The molecule has 0 aliphatic rings. The molecule has 5 nitrogen and oxygen atoms in total. The summed E-state index contributed by atoms with van der Waals surface area (Å²) in [7, 11) is 0. The van der Waals surface area contributed by atoms with Crippen molar-refractivity contribution in [2.45, 2.75) is 71.9 Å². The van der Waals surface area contributed by atoms with E-state index < -0.39 is 23.2 Å². The molecule has 0 rings (SSSR count). The highest BCUT2D eigenvalue weighted by Gasteiger charge is 2.42. The van der Waals surface area contributed by atoms with E-state index in [4.69, 9.17) is 4.74 Å². The molecule has 0 aliphatic heterocycles. The van der Waals surface area contributed by atoms with Gasteiger partial charge in [-0.05, 0) is 40.5 Å². The summed E-state index contributed by atoms with van der Waals surface area (Å²) in [6.07, 6.45) is 1.21. The summed E-state index contributed by atoms with van der Waals surface area (Å²) < 4.78 is 5.32. The number of carbonyl (C=O) groups excluding carboxylic acids is 1. The second-order valence-electron chi connectivity index (χ2n) is 5.96. The maximum atomic E-state index is 12.2. The van der Waals surface area contributed by atoms with Crippen molar-refractivity contribution in [3.63, 3.8) is 0 Å². The number of carboxylic acid groups (broad SMARTS) is 1. The lowest BCUT2D eigenvalue weighted by Gasteiger charge is -2.38. The first-order valence-corrected chi connectivity index (χ1v) is 6.82. The Labute approximate surface area is 115 Å². The maximum Gasteiger partial charge on any atom is 0.411 e. The van der Waals surface area contributed by atoms with Gasteiger partial charge < -0.3 is 9.84 Å². The first-order valence-electron chi connectivity index (χ1n) is 6.82. The number of hydrogen-bond donors (Lipinski definition) is 1. The van der Waals surface area contributed by atoms with Crippen LogP contribution in [0.15, 0.2) is 0 Å². The quantitative estimate of drug-likeness (QED) is 0.806. The van der Waals surface area contributed by atoms with Gasteiger partial charge in [-0.2, -0.15) is 0 Å². The maximum absolute atomic E-state index is 12.2. The highest BCUT2D eigenvalue weighted by atomic mass is 16.6. The van der Waals surface area contributed by atoms with Crippen LogP contribution in [0.25, 0.3) is 0 Å². The Morgan fingerprint density at radius 2 is 1.63 bits per heavy atom. The van der Waals surface area contributed by atoms with Crippen LogP contribution in [0.1, 0.15) is 60.8 Å². The predicted molar refractivity (Wildman–Crippen MR) is 74.2 cm³/mol. The van der Waals surface area contributed by atoms with Crippen molar-refractivity contribution in [3.8, 4) is 0 Å². The summed E-state index contributed by atoms with van der Waals surface area (Å²) in [5.74, 6) is -0.992. The van der Waals surface area contributed by atoms with Gasteiger partial charge in [0.2, 0.25) is 0 Å². The number of aliphatic carboxylic acids is 1. The molecule has 1 amide bonds. The molecule has 1 atom stereocenters. The minimum Gasteiger partial charge on any atom is -0.480 e. The van der Waals surface area contributed by atoms with Gasteiger partial charge in [0.25, 0.3) is 0 Å². The molecular formula is C14H27NO4. The lowest BCUT2D eigenvalue weighted by atomic mass is 9.94. The number of amides is 1. The van der Waals surface area contributed by atoms with Gasteiger partial charge in [0.1, 0.15) is 11.1 Å². The third-order valence-electron chi connectivity index (χ3n) is 2.85. The Bertz CT molecular complexity index is 322. The fourth-order valence-electron chi connectivity index (χ4n) is 1.92. The number of hydrogen-bond acceptors (Lipinski definition) is 3. The zero-order chi connectivity index (χ0) is 15.3. The second-order valence-corrected chi connectivity index (χ2v) is 5.96. The first-order chi connectivity index (χ1) is 8.58. The summed E-state index contributed by atoms with van der Waals surface area (Å²) in [5.41, 5.74) is -1.85. The van der Waals surface area contributed by atoms with Gasteiger partial charge in [0.05, 0.1) is 0 Å². The fraction of sp³-hybridized carbons (Fsp3) is 0.857. The second kappa shape index (κ2) is 6.78. The van der Waals surface area contributed by atoms with Crippen molar-refractivity contribution >= 4 is 12.1 Å². The third-order valence-corrected chi connectivity index (χ3v) is 2.85. The molecule has 0 saturated heterocycles. The molecule has 0 saturated carbocycles. The van der Waals surface area contributed by atoms with E-state index in [-0.39, 0.29) is 0 Å². The zero-order valence-corrected chi connectivity index (χ0v) is 12.9. The van der Waals surface area contributed by atoms with Gasteiger partial charge >= 0.3 is 12.1 Å². The predicted octanol–water partition coefficient (Wildman–Crippen LogP) is 3.28. The van der Waals surface area contributed by atoms with Crippen LogP contribution >= 0.6 is 0 Å². The molecule has 1 unspecified atom stereocenters. The van der Waals surface area contributed by atoms with Gasteiger partial charge in [-0.25, -0.2) is 9.59 Å². The van der Waals surface area contributed by atoms with E-state index in [1.54, 1.807) is 27.7 Å². The van der Waals surface area contributed by atoms with E-state index in [2.05, 4.69) is 0 Å². The molecule has 19 heavy (non-hydrogen) atoms. The van der Waals surface area contributed by atoms with E-state index in [0.717, 1.165) is 0 Å². The SMILES string of the molecule is CCCN(C(=O)OC(C)(C)C)C(C)(CCC)C(=O)O. The lowest BCUT2D eigenvalue weighted by Crippen LogP contribution is -2.56. The first kappa shape index (κ1) is 17.7. The topological polar surface area (TPSA) is 66.8 Å². The molecule has 0 aliphatic carbocycles. The highest BCUT2D eigenvalue weighted by Crippen LogP contribution is 2.25. The lowest BCUT2D eigenvalue weighted by molar-refractivity contribution is -0.150. The molecule has 0 fully saturated rings. The summed E-state index contributed by atoms with van der Waals surface area (Å²) in [5, 5.41) is 9.46. The van der Waals surface area contributed by atoms with Crippen LogP contribution < -0.4 is 0 Å². The number of carbonyl (C=O) groups is 2. The standard InChI is InChI=1S/C14H27NO4/c1-7-9-14(6,11(16)17)15(10-8-2)12(18)19-13(3,4)5/h7-10H2,1-6H3,(H,16,17). The normalized spacial score (nSPS) is 14.6. The van der Waals surface area contributed by atoms with Gasteiger partial charge in [0, 0.05) is 6.54 Å². The van der Waals surface area contributed by atoms with E-state index in [1.165, 1.54) is 4.90 Å². The molecule has 0 spiro atoms. The molecule has 0 radical (unpaired) electrons. The average Bonchev–Trinajstić information content (AvgIpc) is 2.23. The summed E-state index contributed by atoms with van der Waals surface area (Å²) in [6.45, 7) is 11.1. The van der Waals surface area contributed by atoms with E-state index >= 15 is 0 Å². The molecule has 0 aromatic carbocycles. The van der Waals surface area contributed by atoms with Gasteiger partial charge in [-0.3, -0.25) is 4.90 Å². The minimum absolute atomic E-state index is 0.373. The Kier molecular flexibility index (Phi) is 6.33. The third kappa shape index (κ3) is 5.09. The van der Waals surface area contributed by atoms with E-state index in [1.807, 2.05) is 13.8 Å². The van der Waals surface area contributed by atoms with Crippen molar-refractivity contribution < 1.29 is 19.4 Å². The molecule has 0 aromatic rings. The van der Waals surface area contributed by atoms with Crippen molar-refractivity contribution in [3.05, 3.63) is 0 Å². The van der Waals surface area contributed by atoms with Crippen LogP contribution in [0.3, 0.4) is 0 Å². The fourth-order valence-corrected chi connectivity index (χ4v) is 1.92. The Hall–Kier alpha value is -1.26. The van der Waals surface area contributed by atoms with Crippen LogP contribution in [0.4, 0.5) is 4.79 Å². The van der Waals surface area contributed by atoms with Crippen LogP contribution in [0, 0.1) is 0 Å². The number of ether oxygens (including phenoxy) is 1. The average molecular weight is 273 g/mol. The Morgan fingerprint density at radius 3 is 1.95 bits per heavy atom. The van der Waals surface area contributed by atoms with Gasteiger partial charge in [-0.15, -0.1) is 0 Å². The number of carboxylic acids is 1. The molecule has 0 aromatic heterocycles. The number of nitrogens with zero attached hydrogens (tertiary/aromatic N) is 1. The molecule has 5 heteroatoms. The van der Waals surface area contributed by atoms with Crippen LogP contribution in [-0.4, -0.2) is 39.8 Å². The Morgan fingerprint density at radius 1 is 1.11 bits per heavy atom. The van der Waals surface area contributed by atoms with Crippen molar-refractivity contribution in [1.82, 2.24) is 4.90 Å². The number of rotatable bonds is 6. The van der Waals surface area contributed by atoms with Gasteiger partial charge in [0.15, 0.2) is 0 Å². The smallest absolute Gasteiger partial charge is 0.411 e. The molecule has 0 bridgehead atoms. The monoisotopic (exact) mass is 273 g/mol. The highest BCUT2D eigenvalue weighted by molar-refractivity contribution is 5.84. The van der Waals surface area contributed by atoms with Gasteiger partial charge in [-0.1, -0.05) is 20.3 Å². The Balaban J connectivity index is 5.26. The molecule has 112 valence electrons. The van der Waals surface area contributed by atoms with E-state index in [0.29, 0.717) is 25.8 Å². The van der Waals surface area contributed by atoms with Crippen LogP contribution in [0.5, 0.6) is 0 Å². The summed E-state index contributed by atoms with van der Waals surface area (Å²) in [6, 6.07) is 0. The summed E-state index contributed by atoms with van der Waals surface area (Å²) in [4.78, 5) is 25.1. The van der Waals surface area contributed by atoms with Crippen molar-refractivity contribution in [2.24, 2.45) is 0 Å². The van der Waals surface area contributed by atoms with Crippen LogP contribution in [-0.2, 0) is 9.53 Å². The van der Waals surface area contributed by atoms with Crippen molar-refractivity contribution in [2.75, 3.05) is 6.54 Å². The largest absolute Gasteiger partial charge is 0.480 e. The minimum atomic E-state index is -1.22. The summed E-state index contributed by atoms with van der Waals surface area (Å²) >= 11 is 0. The molecule has 0 heterocycles. The van der Waals surface area contributed by atoms with Crippen LogP contribution in [0.2, 0.25) is 0 Å².